The monoisotopic (exact) mass is 803 g/mol. The molecular formula is C59H49NO2. The van der Waals surface area contributed by atoms with Crippen LogP contribution in [0, 0.1) is 0 Å². The Balaban J connectivity index is 1.26. The molecule has 8 aromatic carbocycles. The maximum Gasteiger partial charge on any atom is 0.135 e. The minimum Gasteiger partial charge on any atom is -0.456 e. The van der Waals surface area contributed by atoms with Gasteiger partial charge >= 0.3 is 0 Å². The van der Waals surface area contributed by atoms with Gasteiger partial charge in [0.15, 0.2) is 0 Å². The Bertz CT molecular complexity index is 3490. The molecule has 3 heteroatoms. The highest BCUT2D eigenvalue weighted by Crippen LogP contribution is 2.51. The highest BCUT2D eigenvalue weighted by atomic mass is 16.3. The Morgan fingerprint density at radius 2 is 0.855 bits per heavy atom. The van der Waals surface area contributed by atoms with Gasteiger partial charge < -0.3 is 13.4 Å². The number of nitrogens with zero attached hydrogens (tertiary/aromatic N) is 1. The van der Waals surface area contributed by atoms with E-state index >= 15 is 0 Å². The largest absolute Gasteiger partial charge is 0.456 e. The van der Waals surface area contributed by atoms with E-state index in [1.165, 1.54) is 77.4 Å². The van der Waals surface area contributed by atoms with E-state index in [4.69, 9.17) is 8.83 Å². The van der Waals surface area contributed by atoms with Crippen LogP contribution in [0.4, 0.5) is 0 Å². The van der Waals surface area contributed by atoms with E-state index in [1.54, 1.807) is 0 Å². The van der Waals surface area contributed by atoms with Gasteiger partial charge in [-0.2, -0.15) is 0 Å². The zero-order chi connectivity index (χ0) is 42.4. The fraction of sp³-hybridized carbons (Fsp3) is 0.186. The van der Waals surface area contributed by atoms with Crippen molar-refractivity contribution in [2.45, 2.75) is 71.6 Å². The first-order chi connectivity index (χ1) is 29.7. The van der Waals surface area contributed by atoms with Gasteiger partial charge in [0.25, 0.3) is 0 Å². The summed E-state index contributed by atoms with van der Waals surface area (Å²) in [6, 6.07) is 56.4. The highest BCUT2D eigenvalue weighted by molar-refractivity contribution is 6.19. The van der Waals surface area contributed by atoms with Crippen molar-refractivity contribution in [3.63, 3.8) is 0 Å². The van der Waals surface area contributed by atoms with Crippen LogP contribution in [-0.4, -0.2) is 4.57 Å². The fourth-order valence-electron chi connectivity index (χ4n) is 10.5. The third kappa shape index (κ3) is 5.30. The summed E-state index contributed by atoms with van der Waals surface area (Å²) in [5.74, 6) is 0. The van der Waals surface area contributed by atoms with Crippen LogP contribution in [0.5, 0.6) is 0 Å². The molecule has 0 N–H and O–H groups in total. The molecule has 0 atom stereocenters. The van der Waals surface area contributed by atoms with E-state index in [1.807, 2.05) is 12.1 Å². The second-order valence-electron chi connectivity index (χ2n) is 20.2. The minimum atomic E-state index is -0.161. The van der Waals surface area contributed by atoms with Crippen molar-refractivity contribution < 1.29 is 8.83 Å². The molecule has 0 saturated carbocycles. The first-order valence-electron chi connectivity index (χ1n) is 22.0. The lowest BCUT2D eigenvalue weighted by atomic mass is 9.82. The molecule has 0 unspecified atom stereocenters. The van der Waals surface area contributed by atoms with Crippen LogP contribution in [0.15, 0.2) is 160 Å². The zero-order valence-electron chi connectivity index (χ0n) is 36.7. The van der Waals surface area contributed by atoms with Crippen molar-refractivity contribution in [2.24, 2.45) is 0 Å². The number of hydrogen-bond acceptors (Lipinski definition) is 2. The third-order valence-corrected chi connectivity index (χ3v) is 13.9. The van der Waals surface area contributed by atoms with E-state index in [-0.39, 0.29) is 16.2 Å². The Hall–Kier alpha value is -6.84. The van der Waals surface area contributed by atoms with Crippen LogP contribution in [-0.2, 0) is 16.2 Å². The summed E-state index contributed by atoms with van der Waals surface area (Å²) >= 11 is 0. The lowest BCUT2D eigenvalue weighted by Crippen LogP contribution is -2.15. The molecule has 3 nitrogen and oxygen atoms in total. The lowest BCUT2D eigenvalue weighted by Gasteiger charge is -2.24. The van der Waals surface area contributed by atoms with Crippen molar-refractivity contribution in [1.82, 2.24) is 4.57 Å². The Kier molecular flexibility index (Phi) is 7.52. The molecule has 1 aliphatic carbocycles. The quantitative estimate of drug-likeness (QED) is 0.178. The molecule has 1 aliphatic rings. The highest BCUT2D eigenvalue weighted by Gasteiger charge is 2.36. The van der Waals surface area contributed by atoms with Gasteiger partial charge in [-0.15, -0.1) is 0 Å². The van der Waals surface area contributed by atoms with Gasteiger partial charge in [-0.25, -0.2) is 0 Å². The van der Waals surface area contributed by atoms with Crippen LogP contribution in [0.25, 0.3) is 105 Å². The molecule has 0 fully saturated rings. The van der Waals surface area contributed by atoms with Gasteiger partial charge in [0.05, 0.1) is 11.0 Å². The molecular weight excluding hydrogens is 755 g/mol. The molecule has 0 spiro atoms. The SMILES string of the molecule is CC(C)(C)c1cc(-c2ccc3oc4ccccc4c3c2)c2c(c1)c1cc(C(C)(C)C)cc(-c3ccc4oc5ccccc5c4c3)c1n2-c1ccc2c(c1)C(C)(C)c1ccccc1-2. The minimum absolute atomic E-state index is 0.106. The Morgan fingerprint density at radius 1 is 0.387 bits per heavy atom. The molecule has 3 aromatic heterocycles. The predicted molar refractivity (Wildman–Crippen MR) is 261 cm³/mol. The molecule has 11 aromatic rings. The van der Waals surface area contributed by atoms with Crippen molar-refractivity contribution in [1.29, 1.82) is 0 Å². The second-order valence-corrected chi connectivity index (χ2v) is 20.2. The number of furan rings is 2. The van der Waals surface area contributed by atoms with E-state index in [0.29, 0.717) is 0 Å². The number of rotatable bonds is 3. The normalized spacial score (nSPS) is 13.9. The van der Waals surface area contributed by atoms with Gasteiger partial charge in [-0.1, -0.05) is 134 Å². The number of benzene rings is 8. The Labute approximate surface area is 362 Å². The molecule has 0 aliphatic heterocycles. The number of fused-ring (bicyclic) bond motifs is 12. The van der Waals surface area contributed by atoms with Crippen LogP contribution >= 0.6 is 0 Å². The molecule has 0 bridgehead atoms. The molecule has 3 heterocycles. The molecule has 302 valence electrons. The van der Waals surface area contributed by atoms with Crippen molar-refractivity contribution in [2.75, 3.05) is 0 Å². The smallest absolute Gasteiger partial charge is 0.135 e. The molecule has 12 rings (SSSR count). The summed E-state index contributed by atoms with van der Waals surface area (Å²) in [4.78, 5) is 0. The van der Waals surface area contributed by atoms with Gasteiger partial charge in [0.2, 0.25) is 0 Å². The van der Waals surface area contributed by atoms with E-state index in [0.717, 1.165) is 49.6 Å². The summed E-state index contributed by atoms with van der Waals surface area (Å²) < 4.78 is 15.4. The van der Waals surface area contributed by atoms with Gasteiger partial charge in [-0.05, 0) is 128 Å². The fourth-order valence-corrected chi connectivity index (χ4v) is 10.5. The first kappa shape index (κ1) is 37.0. The standard InChI is InChI=1S/C59H49NO2/c1-57(2,3)36-29-43(34-21-25-53-45(27-34)41-16-10-13-19-51(41)61-53)55-47(31-36)48-32-37(58(4,5)6)30-44(35-22-26-54-46(28-35)42-17-11-14-20-52(42)62-54)56(48)60(55)38-23-24-40-39-15-9-12-18-49(39)59(7,8)50(40)33-38/h9-33H,1-8H3. The molecule has 0 saturated heterocycles. The van der Waals surface area contributed by atoms with Gasteiger partial charge in [0, 0.05) is 54.5 Å². The van der Waals surface area contributed by atoms with E-state index in [9.17, 15) is 0 Å². The summed E-state index contributed by atoms with van der Waals surface area (Å²) in [6.45, 7) is 18.8. The maximum atomic E-state index is 6.39. The van der Waals surface area contributed by atoms with Crippen molar-refractivity contribution in [3.05, 3.63) is 174 Å². The summed E-state index contributed by atoms with van der Waals surface area (Å²) in [5, 5.41) is 7.03. The average molecular weight is 804 g/mol. The van der Waals surface area contributed by atoms with E-state index < -0.39 is 0 Å². The van der Waals surface area contributed by atoms with E-state index in [2.05, 4.69) is 199 Å². The first-order valence-corrected chi connectivity index (χ1v) is 22.0. The number of hydrogen-bond donors (Lipinski definition) is 0. The number of para-hydroxylation sites is 2. The summed E-state index contributed by atoms with van der Waals surface area (Å²) in [7, 11) is 0. The second kappa shape index (κ2) is 12.6. The Morgan fingerprint density at radius 3 is 1.39 bits per heavy atom. The lowest BCUT2D eigenvalue weighted by molar-refractivity contribution is 0.590. The topological polar surface area (TPSA) is 31.2 Å². The third-order valence-electron chi connectivity index (χ3n) is 13.9. The van der Waals surface area contributed by atoms with Crippen molar-refractivity contribution >= 4 is 65.7 Å². The van der Waals surface area contributed by atoms with Crippen LogP contribution in [0.3, 0.4) is 0 Å². The summed E-state index contributed by atoms with van der Waals surface area (Å²) in [6.07, 6.45) is 0. The molecule has 0 amide bonds. The maximum absolute atomic E-state index is 6.39. The van der Waals surface area contributed by atoms with Crippen molar-refractivity contribution in [3.8, 4) is 39.1 Å². The van der Waals surface area contributed by atoms with Gasteiger partial charge in [0.1, 0.15) is 22.3 Å². The van der Waals surface area contributed by atoms with Gasteiger partial charge in [-0.3, -0.25) is 0 Å². The van der Waals surface area contributed by atoms with Crippen LogP contribution in [0.2, 0.25) is 0 Å². The average Bonchev–Trinajstić information content (AvgIpc) is 3.98. The molecule has 0 radical (unpaired) electrons. The molecule has 62 heavy (non-hydrogen) atoms. The van der Waals surface area contributed by atoms with Crippen LogP contribution in [0.1, 0.15) is 77.6 Å². The number of aromatic nitrogens is 1. The summed E-state index contributed by atoms with van der Waals surface area (Å²) in [5.41, 5.74) is 19.5. The zero-order valence-corrected chi connectivity index (χ0v) is 36.7. The predicted octanol–water partition coefficient (Wildman–Crippen LogP) is 16.8. The van der Waals surface area contributed by atoms with Crippen LogP contribution < -0.4 is 0 Å².